The van der Waals surface area contributed by atoms with Crippen LogP contribution in [0.5, 0.6) is 5.75 Å². The summed E-state index contributed by atoms with van der Waals surface area (Å²) < 4.78 is 30.5. The second-order valence-electron chi connectivity index (χ2n) is 8.91. The lowest BCUT2D eigenvalue weighted by Crippen LogP contribution is -2.33. The number of amidine groups is 1. The van der Waals surface area contributed by atoms with Gasteiger partial charge in [0.15, 0.2) is 15.9 Å². The topological polar surface area (TPSA) is 122 Å². The lowest BCUT2D eigenvalue weighted by Gasteiger charge is -2.19. The van der Waals surface area contributed by atoms with Crippen molar-refractivity contribution < 1.29 is 17.9 Å². The molecule has 4 rings (SSSR count). The minimum Gasteiger partial charge on any atom is -0.481 e. The molecule has 0 radical (unpaired) electrons. The summed E-state index contributed by atoms with van der Waals surface area (Å²) in [6, 6.07) is 30.5. The van der Waals surface area contributed by atoms with E-state index in [1.807, 2.05) is 30.3 Å². The molecule has 4 aromatic rings. The zero-order valence-electron chi connectivity index (χ0n) is 20.9. The molecule has 0 fully saturated rings. The highest BCUT2D eigenvalue weighted by atomic mass is 32.2. The highest BCUT2D eigenvalue weighted by Gasteiger charge is 2.21. The fourth-order valence-electron chi connectivity index (χ4n) is 4.07. The van der Waals surface area contributed by atoms with E-state index in [-0.39, 0.29) is 16.6 Å². The molecule has 0 spiro atoms. The Morgan fingerprint density at radius 3 is 2.29 bits per heavy atom. The van der Waals surface area contributed by atoms with Crippen LogP contribution < -0.4 is 15.8 Å². The molecule has 1 amide bonds. The zero-order chi connectivity index (χ0) is 27.1. The van der Waals surface area contributed by atoms with E-state index in [1.165, 1.54) is 6.26 Å². The normalized spacial score (nSPS) is 11.9. The van der Waals surface area contributed by atoms with Crippen LogP contribution in [-0.4, -0.2) is 32.5 Å². The van der Waals surface area contributed by atoms with Gasteiger partial charge in [-0.25, -0.2) is 8.42 Å². The molecule has 0 aliphatic carbocycles. The van der Waals surface area contributed by atoms with Crippen molar-refractivity contribution in [1.29, 1.82) is 5.41 Å². The van der Waals surface area contributed by atoms with Gasteiger partial charge in [-0.3, -0.25) is 10.2 Å². The number of carbonyl (C=O) groups is 1. The Morgan fingerprint density at radius 1 is 0.921 bits per heavy atom. The first-order chi connectivity index (χ1) is 18.2. The Morgan fingerprint density at radius 2 is 1.61 bits per heavy atom. The largest absolute Gasteiger partial charge is 0.481 e. The number of sulfone groups is 1. The number of ether oxygens (including phenoxy) is 1. The SMILES string of the molecule is CS(=O)(=O)c1ccccc1-c1ccc(NC(=O)C(CCc2ccccc2)Oc2cccc(C(=N)N)c2)cc1. The Balaban J connectivity index is 1.53. The molecule has 4 N–H and O–H groups in total. The molecule has 7 nitrogen and oxygen atoms in total. The standard InChI is InChI=1S/C30H29N3O4S/c1-38(35,36)28-13-6-5-12-26(28)22-15-17-24(18-16-22)33-30(34)27(19-14-21-8-3-2-4-9-21)37-25-11-7-10-23(20-25)29(31)32/h2-13,15-18,20,27H,14,19H2,1H3,(H3,31,32)(H,33,34). The molecule has 0 aliphatic rings. The van der Waals surface area contributed by atoms with Crippen LogP contribution in [0, 0.1) is 5.41 Å². The van der Waals surface area contributed by atoms with Gasteiger partial charge in [0.05, 0.1) is 4.90 Å². The van der Waals surface area contributed by atoms with Gasteiger partial charge in [0.1, 0.15) is 11.6 Å². The number of nitrogens with one attached hydrogen (secondary N) is 2. The minimum absolute atomic E-state index is 0.0849. The van der Waals surface area contributed by atoms with Gasteiger partial charge in [0.2, 0.25) is 0 Å². The van der Waals surface area contributed by atoms with Crippen LogP contribution in [0.4, 0.5) is 5.69 Å². The van der Waals surface area contributed by atoms with Crippen molar-refractivity contribution in [1.82, 2.24) is 0 Å². The molecule has 1 atom stereocenters. The van der Waals surface area contributed by atoms with Crippen LogP contribution in [0.15, 0.2) is 108 Å². The van der Waals surface area contributed by atoms with Crippen molar-refractivity contribution in [3.63, 3.8) is 0 Å². The van der Waals surface area contributed by atoms with Crippen LogP contribution >= 0.6 is 0 Å². The number of hydrogen-bond acceptors (Lipinski definition) is 5. The van der Waals surface area contributed by atoms with Gasteiger partial charge in [0.25, 0.3) is 5.91 Å². The van der Waals surface area contributed by atoms with Crippen molar-refractivity contribution in [3.8, 4) is 16.9 Å². The lowest BCUT2D eigenvalue weighted by atomic mass is 10.0. The number of carbonyl (C=O) groups excluding carboxylic acids is 1. The summed E-state index contributed by atoms with van der Waals surface area (Å²) in [7, 11) is -3.40. The smallest absolute Gasteiger partial charge is 0.265 e. The summed E-state index contributed by atoms with van der Waals surface area (Å²) in [5.74, 6) is 0.0374. The Kier molecular flexibility index (Phi) is 8.23. The quantitative estimate of drug-likeness (QED) is 0.197. The molecule has 0 saturated heterocycles. The maximum absolute atomic E-state index is 13.3. The summed E-state index contributed by atoms with van der Waals surface area (Å²) in [4.78, 5) is 13.6. The summed E-state index contributed by atoms with van der Waals surface area (Å²) in [6.07, 6.45) is 1.44. The number of nitrogens with two attached hydrogens (primary N) is 1. The summed E-state index contributed by atoms with van der Waals surface area (Å²) in [5.41, 5.74) is 9.09. The van der Waals surface area contributed by atoms with Crippen molar-refractivity contribution in [3.05, 3.63) is 114 Å². The minimum atomic E-state index is -3.40. The van der Waals surface area contributed by atoms with E-state index in [2.05, 4.69) is 5.32 Å². The maximum atomic E-state index is 13.3. The van der Waals surface area contributed by atoms with Crippen LogP contribution in [0.2, 0.25) is 0 Å². The molecule has 1 unspecified atom stereocenters. The summed E-state index contributed by atoms with van der Waals surface area (Å²) >= 11 is 0. The summed E-state index contributed by atoms with van der Waals surface area (Å²) in [6.45, 7) is 0. The molecule has 8 heteroatoms. The summed E-state index contributed by atoms with van der Waals surface area (Å²) in [5, 5.41) is 10.6. The van der Waals surface area contributed by atoms with Crippen LogP contribution in [-0.2, 0) is 21.1 Å². The Hall–Kier alpha value is -4.43. The van der Waals surface area contributed by atoms with Crippen molar-refractivity contribution in [2.24, 2.45) is 5.73 Å². The number of anilines is 1. The highest BCUT2D eigenvalue weighted by Crippen LogP contribution is 2.28. The fourth-order valence-corrected chi connectivity index (χ4v) is 4.98. The number of nitrogen functional groups attached to an aromatic ring is 1. The first-order valence-corrected chi connectivity index (χ1v) is 14.0. The Labute approximate surface area is 222 Å². The number of benzene rings is 4. The second-order valence-corrected chi connectivity index (χ2v) is 10.9. The first kappa shape index (κ1) is 26.6. The fraction of sp³-hybridized carbons (Fsp3) is 0.133. The number of rotatable bonds is 10. The molecule has 38 heavy (non-hydrogen) atoms. The highest BCUT2D eigenvalue weighted by molar-refractivity contribution is 7.90. The average molecular weight is 528 g/mol. The molecule has 4 aromatic carbocycles. The van der Waals surface area contributed by atoms with Gasteiger partial charge in [-0.15, -0.1) is 0 Å². The van der Waals surface area contributed by atoms with Crippen molar-refractivity contribution in [2.75, 3.05) is 11.6 Å². The van der Waals surface area contributed by atoms with E-state index < -0.39 is 15.9 Å². The molecule has 0 aliphatic heterocycles. The van der Waals surface area contributed by atoms with Gasteiger partial charge in [-0.05, 0) is 54.3 Å². The maximum Gasteiger partial charge on any atom is 0.265 e. The molecule has 0 aromatic heterocycles. The van der Waals surface area contributed by atoms with Gasteiger partial charge in [0, 0.05) is 23.1 Å². The van der Waals surface area contributed by atoms with E-state index in [0.29, 0.717) is 35.4 Å². The number of aryl methyl sites for hydroxylation is 1. The van der Waals surface area contributed by atoms with Crippen LogP contribution in [0.25, 0.3) is 11.1 Å². The molecule has 0 heterocycles. The predicted molar refractivity (Wildman–Crippen MR) is 150 cm³/mol. The molecule has 0 bridgehead atoms. The molecular weight excluding hydrogens is 498 g/mol. The third-order valence-corrected chi connectivity index (χ3v) is 7.16. The van der Waals surface area contributed by atoms with E-state index in [1.54, 1.807) is 72.8 Å². The van der Waals surface area contributed by atoms with E-state index >= 15 is 0 Å². The van der Waals surface area contributed by atoms with Crippen LogP contribution in [0.1, 0.15) is 17.5 Å². The monoisotopic (exact) mass is 527 g/mol. The van der Waals surface area contributed by atoms with E-state index in [0.717, 1.165) is 11.1 Å². The van der Waals surface area contributed by atoms with Gasteiger partial charge in [-0.2, -0.15) is 0 Å². The van der Waals surface area contributed by atoms with Gasteiger partial charge >= 0.3 is 0 Å². The predicted octanol–water partition coefficient (Wildman–Crippen LogP) is 5.06. The van der Waals surface area contributed by atoms with Crippen molar-refractivity contribution in [2.45, 2.75) is 23.8 Å². The van der Waals surface area contributed by atoms with E-state index in [4.69, 9.17) is 15.9 Å². The zero-order valence-corrected chi connectivity index (χ0v) is 21.7. The lowest BCUT2D eigenvalue weighted by molar-refractivity contribution is -0.123. The second kappa shape index (κ2) is 11.7. The number of hydrogen-bond donors (Lipinski definition) is 3. The third kappa shape index (κ3) is 6.86. The molecular formula is C30H29N3O4S. The van der Waals surface area contributed by atoms with Gasteiger partial charge in [-0.1, -0.05) is 72.8 Å². The third-order valence-electron chi connectivity index (χ3n) is 6.00. The Bertz CT molecular complexity index is 1540. The first-order valence-electron chi connectivity index (χ1n) is 12.1. The van der Waals surface area contributed by atoms with Gasteiger partial charge < -0.3 is 15.8 Å². The molecule has 194 valence electrons. The van der Waals surface area contributed by atoms with E-state index in [9.17, 15) is 13.2 Å². The number of amides is 1. The van der Waals surface area contributed by atoms with Crippen LogP contribution in [0.3, 0.4) is 0 Å². The molecule has 0 saturated carbocycles. The average Bonchev–Trinajstić information content (AvgIpc) is 2.91. The van der Waals surface area contributed by atoms with Crippen molar-refractivity contribution >= 4 is 27.3 Å².